The normalized spacial score (nSPS) is 9.64. The number of hydrogen-bond acceptors (Lipinski definition) is 3. The van der Waals surface area contributed by atoms with Gasteiger partial charge in [-0.05, 0) is 18.6 Å². The predicted octanol–water partition coefficient (Wildman–Crippen LogP) is 1.23. The smallest absolute Gasteiger partial charge is 0.237 e. The minimum absolute atomic E-state index is 0.518. The van der Waals surface area contributed by atoms with Crippen LogP contribution in [-0.4, -0.2) is 12.1 Å². The molecule has 0 aliphatic heterocycles. The van der Waals surface area contributed by atoms with Crippen LogP contribution in [0.2, 0.25) is 0 Å². The molecule has 3 heteroatoms. The van der Waals surface area contributed by atoms with Gasteiger partial charge in [-0.25, -0.2) is 4.98 Å². The molecule has 0 bridgehead atoms. The van der Waals surface area contributed by atoms with E-state index < -0.39 is 0 Å². The molecule has 0 amide bonds. The second-order valence-corrected chi connectivity index (χ2v) is 2.25. The molecule has 0 saturated heterocycles. The van der Waals surface area contributed by atoms with Gasteiger partial charge in [0.2, 0.25) is 5.88 Å². The topological polar surface area (TPSA) is 48.1 Å². The van der Waals surface area contributed by atoms with Crippen molar-refractivity contribution in [1.29, 1.82) is 0 Å². The summed E-state index contributed by atoms with van der Waals surface area (Å²) < 4.78 is 4.95. The zero-order valence-electron chi connectivity index (χ0n) is 6.79. The van der Waals surface area contributed by atoms with E-state index in [1.807, 2.05) is 19.1 Å². The highest BCUT2D eigenvalue weighted by molar-refractivity contribution is 5.48. The van der Waals surface area contributed by atoms with E-state index in [0.717, 1.165) is 12.1 Å². The Morgan fingerprint density at radius 1 is 1.55 bits per heavy atom. The summed E-state index contributed by atoms with van der Waals surface area (Å²) >= 11 is 0. The van der Waals surface area contributed by atoms with Crippen LogP contribution in [-0.2, 0) is 6.42 Å². The van der Waals surface area contributed by atoms with Gasteiger partial charge in [0, 0.05) is 5.69 Å². The molecule has 3 nitrogen and oxygen atoms in total. The Bertz CT molecular complexity index is 248. The molecule has 0 unspecified atom stereocenters. The van der Waals surface area contributed by atoms with Crippen molar-refractivity contribution in [1.82, 2.24) is 4.98 Å². The monoisotopic (exact) mass is 152 g/mol. The third-order valence-corrected chi connectivity index (χ3v) is 1.50. The Hall–Kier alpha value is -1.25. The number of aryl methyl sites for hydroxylation is 1. The lowest BCUT2D eigenvalue weighted by atomic mass is 10.3. The SMILES string of the molecule is CCc1ccc(N)c(OC)n1. The number of aromatic nitrogens is 1. The third kappa shape index (κ3) is 1.61. The van der Waals surface area contributed by atoms with Gasteiger partial charge in [-0.1, -0.05) is 6.92 Å². The average molecular weight is 152 g/mol. The highest BCUT2D eigenvalue weighted by Crippen LogP contribution is 2.17. The molecule has 11 heavy (non-hydrogen) atoms. The number of methoxy groups -OCH3 is 1. The second-order valence-electron chi connectivity index (χ2n) is 2.25. The summed E-state index contributed by atoms with van der Waals surface area (Å²) in [4.78, 5) is 4.16. The van der Waals surface area contributed by atoms with Gasteiger partial charge < -0.3 is 10.5 Å². The highest BCUT2D eigenvalue weighted by Gasteiger charge is 1.99. The van der Waals surface area contributed by atoms with E-state index in [1.54, 1.807) is 7.11 Å². The number of pyridine rings is 1. The molecule has 0 aliphatic rings. The van der Waals surface area contributed by atoms with Crippen molar-refractivity contribution in [3.05, 3.63) is 17.8 Å². The molecule has 1 aromatic heterocycles. The number of nitrogens with zero attached hydrogens (tertiary/aromatic N) is 1. The van der Waals surface area contributed by atoms with E-state index >= 15 is 0 Å². The maximum Gasteiger partial charge on any atom is 0.237 e. The number of rotatable bonds is 2. The van der Waals surface area contributed by atoms with Gasteiger partial charge in [0.25, 0.3) is 0 Å². The van der Waals surface area contributed by atoms with Crippen LogP contribution in [0.4, 0.5) is 5.69 Å². The van der Waals surface area contributed by atoms with Crippen molar-refractivity contribution in [2.75, 3.05) is 12.8 Å². The van der Waals surface area contributed by atoms with E-state index in [2.05, 4.69) is 4.98 Å². The molecule has 1 heterocycles. The second kappa shape index (κ2) is 3.23. The van der Waals surface area contributed by atoms with Gasteiger partial charge in [0.05, 0.1) is 12.8 Å². The van der Waals surface area contributed by atoms with Gasteiger partial charge in [0.1, 0.15) is 0 Å². The van der Waals surface area contributed by atoms with Gasteiger partial charge in [-0.15, -0.1) is 0 Å². The fourth-order valence-corrected chi connectivity index (χ4v) is 0.850. The summed E-state index contributed by atoms with van der Waals surface area (Å²) in [5.41, 5.74) is 7.15. The van der Waals surface area contributed by atoms with Gasteiger partial charge in [0.15, 0.2) is 0 Å². The Kier molecular flexibility index (Phi) is 2.31. The zero-order valence-corrected chi connectivity index (χ0v) is 6.79. The van der Waals surface area contributed by atoms with Crippen LogP contribution in [0.1, 0.15) is 12.6 Å². The van der Waals surface area contributed by atoms with Crippen LogP contribution >= 0.6 is 0 Å². The standard InChI is InChI=1S/C8H12N2O/c1-3-6-4-5-7(9)8(10-6)11-2/h4-5H,3,9H2,1-2H3. The number of anilines is 1. The highest BCUT2D eigenvalue weighted by atomic mass is 16.5. The van der Waals surface area contributed by atoms with Crippen LogP contribution < -0.4 is 10.5 Å². The van der Waals surface area contributed by atoms with Crippen LogP contribution in [0.5, 0.6) is 5.88 Å². The number of ether oxygens (including phenoxy) is 1. The zero-order chi connectivity index (χ0) is 8.27. The Morgan fingerprint density at radius 3 is 2.82 bits per heavy atom. The van der Waals surface area contributed by atoms with E-state index in [-0.39, 0.29) is 0 Å². The van der Waals surface area contributed by atoms with Crippen LogP contribution in [0, 0.1) is 0 Å². The number of hydrogen-bond donors (Lipinski definition) is 1. The van der Waals surface area contributed by atoms with Crippen molar-refractivity contribution in [2.24, 2.45) is 0 Å². The molecule has 1 rings (SSSR count). The summed E-state index contributed by atoms with van der Waals surface area (Å²) in [5, 5.41) is 0. The number of nitrogens with two attached hydrogens (primary N) is 1. The van der Waals surface area contributed by atoms with Crippen molar-refractivity contribution in [3.8, 4) is 5.88 Å². The molecular weight excluding hydrogens is 140 g/mol. The maximum atomic E-state index is 5.57. The molecule has 1 aromatic rings. The molecule has 0 aromatic carbocycles. The third-order valence-electron chi connectivity index (χ3n) is 1.50. The lowest BCUT2D eigenvalue weighted by Gasteiger charge is -2.03. The fourth-order valence-electron chi connectivity index (χ4n) is 0.850. The van der Waals surface area contributed by atoms with E-state index in [9.17, 15) is 0 Å². The quantitative estimate of drug-likeness (QED) is 0.693. The lowest BCUT2D eigenvalue weighted by molar-refractivity contribution is 0.399. The summed E-state index contributed by atoms with van der Waals surface area (Å²) in [6.45, 7) is 2.04. The van der Waals surface area contributed by atoms with Crippen molar-refractivity contribution >= 4 is 5.69 Å². The Morgan fingerprint density at radius 2 is 2.27 bits per heavy atom. The van der Waals surface area contributed by atoms with Crippen molar-refractivity contribution in [3.63, 3.8) is 0 Å². The van der Waals surface area contributed by atoms with Crippen LogP contribution in [0.3, 0.4) is 0 Å². The molecule has 60 valence electrons. The van der Waals surface area contributed by atoms with Crippen LogP contribution in [0.25, 0.3) is 0 Å². The molecular formula is C8H12N2O. The lowest BCUT2D eigenvalue weighted by Crippen LogP contribution is -1.97. The van der Waals surface area contributed by atoms with Crippen LogP contribution in [0.15, 0.2) is 12.1 Å². The Balaban J connectivity index is 3.02. The minimum atomic E-state index is 0.518. The molecule has 0 fully saturated rings. The summed E-state index contributed by atoms with van der Waals surface area (Å²) in [6.07, 6.45) is 0.899. The molecule has 0 spiro atoms. The van der Waals surface area contributed by atoms with Crippen molar-refractivity contribution in [2.45, 2.75) is 13.3 Å². The molecule has 0 saturated carbocycles. The molecule has 0 atom stereocenters. The fraction of sp³-hybridized carbons (Fsp3) is 0.375. The van der Waals surface area contributed by atoms with E-state index in [4.69, 9.17) is 10.5 Å². The van der Waals surface area contributed by atoms with Gasteiger partial charge >= 0.3 is 0 Å². The Labute approximate surface area is 66.2 Å². The van der Waals surface area contributed by atoms with E-state index in [0.29, 0.717) is 11.6 Å². The van der Waals surface area contributed by atoms with Gasteiger partial charge in [-0.2, -0.15) is 0 Å². The predicted molar refractivity (Wildman–Crippen MR) is 44.6 cm³/mol. The van der Waals surface area contributed by atoms with Gasteiger partial charge in [-0.3, -0.25) is 0 Å². The minimum Gasteiger partial charge on any atom is -0.480 e. The first kappa shape index (κ1) is 7.85. The maximum absolute atomic E-state index is 5.57. The number of nitrogen functional groups attached to an aromatic ring is 1. The first-order valence-corrected chi connectivity index (χ1v) is 3.57. The molecule has 0 aliphatic carbocycles. The summed E-state index contributed by atoms with van der Waals surface area (Å²) in [5.74, 6) is 0.518. The first-order valence-electron chi connectivity index (χ1n) is 3.57. The summed E-state index contributed by atoms with van der Waals surface area (Å²) in [6, 6.07) is 3.71. The van der Waals surface area contributed by atoms with E-state index in [1.165, 1.54) is 0 Å². The molecule has 0 radical (unpaired) electrons. The summed E-state index contributed by atoms with van der Waals surface area (Å²) in [7, 11) is 1.57. The average Bonchev–Trinajstić information content (AvgIpc) is 2.05. The largest absolute Gasteiger partial charge is 0.480 e. The van der Waals surface area contributed by atoms with Crippen molar-refractivity contribution < 1.29 is 4.74 Å². The molecule has 2 N–H and O–H groups in total. The first-order chi connectivity index (χ1) is 5.27.